The largest absolute Gasteiger partial charge is 0.329 e. The molecule has 0 bridgehead atoms. The molecule has 0 unspecified atom stereocenters. The van der Waals surface area contributed by atoms with Gasteiger partial charge in [-0.2, -0.15) is 0 Å². The van der Waals surface area contributed by atoms with Gasteiger partial charge in [0, 0.05) is 18.8 Å². The molecule has 1 aromatic heterocycles. The molecule has 0 aliphatic rings. The highest BCUT2D eigenvalue weighted by molar-refractivity contribution is 7.89. The Balaban J connectivity index is 1.90. The average Bonchev–Trinajstić information content (AvgIpc) is 2.45. The number of rotatable bonds is 6. The number of aryl methyl sites for hydroxylation is 1. The molecule has 0 radical (unpaired) electrons. The van der Waals surface area contributed by atoms with Crippen LogP contribution < -0.4 is 10.3 Å². The van der Waals surface area contributed by atoms with E-state index in [1.165, 1.54) is 12.3 Å². The number of benzene rings is 1. The smallest absolute Gasteiger partial charge is 0.248 e. The first kappa shape index (κ1) is 14.5. The van der Waals surface area contributed by atoms with Gasteiger partial charge >= 0.3 is 0 Å². The molecule has 6 heteroatoms. The van der Waals surface area contributed by atoms with Gasteiger partial charge in [-0.05, 0) is 23.6 Å². The van der Waals surface area contributed by atoms with Crippen molar-refractivity contribution in [2.24, 2.45) is 0 Å². The van der Waals surface area contributed by atoms with Gasteiger partial charge in [-0.25, -0.2) is 13.1 Å². The summed E-state index contributed by atoms with van der Waals surface area (Å²) < 4.78 is 26.2. The second-order valence-electron chi connectivity index (χ2n) is 4.44. The van der Waals surface area contributed by atoms with Gasteiger partial charge in [-0.1, -0.05) is 30.3 Å². The number of H-pyrrole nitrogens is 1. The van der Waals surface area contributed by atoms with Crippen LogP contribution in [0.3, 0.4) is 0 Å². The summed E-state index contributed by atoms with van der Waals surface area (Å²) in [5.41, 5.74) is 1.37. The Morgan fingerprint density at radius 3 is 2.50 bits per heavy atom. The molecule has 0 saturated carbocycles. The van der Waals surface area contributed by atoms with Gasteiger partial charge < -0.3 is 4.98 Å². The summed E-state index contributed by atoms with van der Waals surface area (Å²) in [6.45, 7) is 0.126. The minimum absolute atomic E-state index is 0.0280. The molecule has 0 aliphatic carbocycles. The molecule has 0 saturated heterocycles. The first-order valence-electron chi connectivity index (χ1n) is 6.24. The highest BCUT2D eigenvalue weighted by Crippen LogP contribution is 2.02. The fourth-order valence-electron chi connectivity index (χ4n) is 1.76. The van der Waals surface area contributed by atoms with E-state index in [1.54, 1.807) is 6.07 Å². The van der Waals surface area contributed by atoms with Crippen molar-refractivity contribution in [3.8, 4) is 0 Å². The van der Waals surface area contributed by atoms with Crippen molar-refractivity contribution in [3.05, 3.63) is 70.1 Å². The standard InChI is InChI=1S/C14H16N2O3S/c17-14-10-13(6-8-15-14)11-16-20(18,19)9-7-12-4-2-1-3-5-12/h1-6,8,10,16H,7,9,11H2,(H,15,17). The molecular formula is C14H16N2O3S. The maximum Gasteiger partial charge on any atom is 0.248 e. The van der Waals surface area contributed by atoms with Crippen LogP contribution in [0, 0.1) is 0 Å². The van der Waals surface area contributed by atoms with Crippen LogP contribution >= 0.6 is 0 Å². The van der Waals surface area contributed by atoms with E-state index in [1.807, 2.05) is 30.3 Å². The maximum absolute atomic E-state index is 11.9. The van der Waals surface area contributed by atoms with Crippen molar-refractivity contribution in [1.29, 1.82) is 0 Å². The molecule has 0 atom stereocenters. The lowest BCUT2D eigenvalue weighted by Crippen LogP contribution is -2.27. The van der Waals surface area contributed by atoms with E-state index in [9.17, 15) is 13.2 Å². The first-order chi connectivity index (χ1) is 9.55. The summed E-state index contributed by atoms with van der Waals surface area (Å²) in [7, 11) is -3.35. The molecule has 0 amide bonds. The highest BCUT2D eigenvalue weighted by atomic mass is 32.2. The molecule has 1 aromatic carbocycles. The van der Waals surface area contributed by atoms with Crippen molar-refractivity contribution in [2.45, 2.75) is 13.0 Å². The summed E-state index contributed by atoms with van der Waals surface area (Å²) in [4.78, 5) is 13.6. The van der Waals surface area contributed by atoms with E-state index in [0.29, 0.717) is 12.0 Å². The van der Waals surface area contributed by atoms with Gasteiger partial charge in [0.2, 0.25) is 15.6 Å². The average molecular weight is 292 g/mol. The quantitative estimate of drug-likeness (QED) is 0.835. The predicted molar refractivity (Wildman–Crippen MR) is 77.8 cm³/mol. The summed E-state index contributed by atoms with van der Waals surface area (Å²) in [5.74, 6) is 0.0280. The molecule has 1 heterocycles. The van der Waals surface area contributed by atoms with Crippen LogP contribution in [0.2, 0.25) is 0 Å². The van der Waals surface area contributed by atoms with E-state index < -0.39 is 10.0 Å². The Kier molecular flexibility index (Phi) is 4.70. The molecule has 20 heavy (non-hydrogen) atoms. The fraction of sp³-hybridized carbons (Fsp3) is 0.214. The number of aromatic nitrogens is 1. The molecular weight excluding hydrogens is 276 g/mol. The van der Waals surface area contributed by atoms with Crippen LogP contribution in [0.5, 0.6) is 0 Å². The van der Waals surface area contributed by atoms with Crippen LogP contribution in [-0.4, -0.2) is 19.2 Å². The number of sulfonamides is 1. The molecule has 2 rings (SSSR count). The minimum atomic E-state index is -3.35. The molecule has 106 valence electrons. The lowest BCUT2D eigenvalue weighted by Gasteiger charge is -2.06. The van der Waals surface area contributed by atoms with Gasteiger partial charge in [0.1, 0.15) is 0 Å². The Bertz CT molecular complexity index is 708. The van der Waals surface area contributed by atoms with Crippen molar-refractivity contribution in [1.82, 2.24) is 9.71 Å². The second kappa shape index (κ2) is 6.49. The molecule has 0 fully saturated rings. The number of hydrogen-bond donors (Lipinski definition) is 2. The summed E-state index contributed by atoms with van der Waals surface area (Å²) in [6, 6.07) is 12.5. The van der Waals surface area contributed by atoms with E-state index in [0.717, 1.165) is 5.56 Å². The SMILES string of the molecule is O=c1cc(CNS(=O)(=O)CCc2ccccc2)cc[nH]1. The molecule has 0 spiro atoms. The topological polar surface area (TPSA) is 79.0 Å². The monoisotopic (exact) mass is 292 g/mol. The lowest BCUT2D eigenvalue weighted by atomic mass is 10.2. The van der Waals surface area contributed by atoms with Gasteiger partial charge in [0.15, 0.2) is 0 Å². The lowest BCUT2D eigenvalue weighted by molar-refractivity contribution is 0.580. The Morgan fingerprint density at radius 2 is 1.80 bits per heavy atom. The first-order valence-corrected chi connectivity index (χ1v) is 7.89. The normalized spacial score (nSPS) is 11.4. The minimum Gasteiger partial charge on any atom is -0.329 e. The van der Waals surface area contributed by atoms with Crippen LogP contribution in [0.1, 0.15) is 11.1 Å². The van der Waals surface area contributed by atoms with E-state index in [4.69, 9.17) is 0 Å². The predicted octanol–water partition coefficient (Wildman–Crippen LogP) is 1.04. The Labute approximate surface area is 117 Å². The third-order valence-corrected chi connectivity index (χ3v) is 4.16. The Morgan fingerprint density at radius 1 is 1.05 bits per heavy atom. The zero-order valence-corrected chi connectivity index (χ0v) is 11.7. The van der Waals surface area contributed by atoms with Crippen LogP contribution in [0.25, 0.3) is 0 Å². The number of nitrogens with one attached hydrogen (secondary N) is 2. The van der Waals surface area contributed by atoms with Crippen molar-refractivity contribution in [3.63, 3.8) is 0 Å². The van der Waals surface area contributed by atoms with Crippen LogP contribution in [-0.2, 0) is 23.0 Å². The number of aromatic amines is 1. The second-order valence-corrected chi connectivity index (χ2v) is 6.36. The zero-order valence-electron chi connectivity index (χ0n) is 10.9. The molecule has 2 aromatic rings. The van der Waals surface area contributed by atoms with Gasteiger partial charge in [0.25, 0.3) is 0 Å². The van der Waals surface area contributed by atoms with Crippen molar-refractivity contribution < 1.29 is 8.42 Å². The van der Waals surface area contributed by atoms with E-state index in [-0.39, 0.29) is 17.9 Å². The molecule has 0 aliphatic heterocycles. The third-order valence-electron chi connectivity index (χ3n) is 2.84. The number of hydrogen-bond acceptors (Lipinski definition) is 3. The molecule has 2 N–H and O–H groups in total. The maximum atomic E-state index is 11.9. The van der Waals surface area contributed by atoms with Gasteiger partial charge in [-0.3, -0.25) is 4.79 Å². The van der Waals surface area contributed by atoms with E-state index in [2.05, 4.69) is 9.71 Å². The third kappa shape index (κ3) is 4.64. The highest BCUT2D eigenvalue weighted by Gasteiger charge is 2.10. The van der Waals surface area contributed by atoms with Crippen LogP contribution in [0.15, 0.2) is 53.5 Å². The van der Waals surface area contributed by atoms with Gasteiger partial charge in [0.05, 0.1) is 5.75 Å². The van der Waals surface area contributed by atoms with Crippen molar-refractivity contribution >= 4 is 10.0 Å². The zero-order chi connectivity index (χ0) is 14.4. The van der Waals surface area contributed by atoms with E-state index >= 15 is 0 Å². The fourth-order valence-corrected chi connectivity index (χ4v) is 2.80. The van der Waals surface area contributed by atoms with Crippen LogP contribution in [0.4, 0.5) is 0 Å². The Hall–Kier alpha value is -1.92. The summed E-state index contributed by atoms with van der Waals surface area (Å²) >= 11 is 0. The van der Waals surface area contributed by atoms with Gasteiger partial charge in [-0.15, -0.1) is 0 Å². The molecule has 5 nitrogen and oxygen atoms in total. The summed E-state index contributed by atoms with van der Waals surface area (Å²) in [6.07, 6.45) is 1.96. The van der Waals surface area contributed by atoms with Crippen molar-refractivity contribution in [2.75, 3.05) is 5.75 Å². The number of pyridine rings is 1. The summed E-state index contributed by atoms with van der Waals surface area (Å²) in [5, 5.41) is 0.